The van der Waals surface area contributed by atoms with Gasteiger partial charge in [0.25, 0.3) is 0 Å². The van der Waals surface area contributed by atoms with Gasteiger partial charge in [-0.1, -0.05) is 37.6 Å². The van der Waals surface area contributed by atoms with E-state index < -0.39 is 11.4 Å². The van der Waals surface area contributed by atoms with Crippen molar-refractivity contribution in [2.75, 3.05) is 7.11 Å². The summed E-state index contributed by atoms with van der Waals surface area (Å²) in [5.74, 6) is -0.617. The number of nitrogens with zero attached hydrogens (tertiary/aromatic N) is 3. The number of carboxylic acid groups (broad SMARTS) is 1. The number of halogens is 1. The van der Waals surface area contributed by atoms with Gasteiger partial charge >= 0.3 is 5.97 Å². The second-order valence-electron chi connectivity index (χ2n) is 5.57. The minimum atomic E-state index is -1.10. The van der Waals surface area contributed by atoms with Crippen molar-refractivity contribution in [3.05, 3.63) is 34.6 Å². The highest BCUT2D eigenvalue weighted by molar-refractivity contribution is 6.32. The zero-order valence-corrected chi connectivity index (χ0v) is 13.0. The van der Waals surface area contributed by atoms with Crippen molar-refractivity contribution in [1.29, 1.82) is 0 Å². The van der Waals surface area contributed by atoms with Crippen LogP contribution in [0.3, 0.4) is 0 Å². The maximum absolute atomic E-state index is 11.3. The summed E-state index contributed by atoms with van der Waals surface area (Å²) in [4.78, 5) is 11.3. The predicted octanol–water partition coefficient (Wildman–Crippen LogP) is 2.93. The highest BCUT2D eigenvalue weighted by Crippen LogP contribution is 2.31. The molecule has 0 unspecified atom stereocenters. The molecule has 0 radical (unpaired) electrons. The number of hydrogen-bond acceptors (Lipinski definition) is 4. The summed E-state index contributed by atoms with van der Waals surface area (Å²) in [5.41, 5.74) is 0.654. The van der Waals surface area contributed by atoms with Crippen LogP contribution in [0.1, 0.15) is 37.0 Å². The molecule has 0 aliphatic heterocycles. The first kappa shape index (κ1) is 15.3. The molecule has 0 spiro atoms. The second-order valence-corrected chi connectivity index (χ2v) is 5.98. The van der Waals surface area contributed by atoms with Crippen molar-refractivity contribution in [3.8, 4) is 11.4 Å². The molecule has 1 N–H and O–H groups in total. The van der Waals surface area contributed by atoms with Crippen molar-refractivity contribution >= 4 is 17.6 Å². The van der Waals surface area contributed by atoms with Gasteiger partial charge in [-0.2, -0.15) is 0 Å². The molecule has 0 saturated heterocycles. The highest BCUT2D eigenvalue weighted by Gasteiger charge is 2.29. The van der Waals surface area contributed by atoms with Gasteiger partial charge in [0.05, 0.1) is 23.5 Å². The number of aromatic carboxylic acids is 1. The summed E-state index contributed by atoms with van der Waals surface area (Å²) in [6.45, 7) is 5.71. The Bertz CT molecular complexity index is 689. The molecular weight excluding hydrogens is 294 g/mol. The van der Waals surface area contributed by atoms with E-state index in [1.165, 1.54) is 11.8 Å². The summed E-state index contributed by atoms with van der Waals surface area (Å²) >= 11 is 6.00. The fraction of sp³-hybridized carbons (Fsp3) is 0.357. The van der Waals surface area contributed by atoms with E-state index in [-0.39, 0.29) is 5.69 Å². The van der Waals surface area contributed by atoms with Crippen molar-refractivity contribution < 1.29 is 14.6 Å². The summed E-state index contributed by atoms with van der Waals surface area (Å²) in [6, 6.07) is 5.10. The van der Waals surface area contributed by atoms with Gasteiger partial charge < -0.3 is 9.84 Å². The Kier molecular flexibility index (Phi) is 3.91. The van der Waals surface area contributed by atoms with Gasteiger partial charge in [0.1, 0.15) is 5.75 Å². The van der Waals surface area contributed by atoms with Crippen molar-refractivity contribution in [1.82, 2.24) is 15.0 Å². The van der Waals surface area contributed by atoms with Gasteiger partial charge in [-0.3, -0.25) is 0 Å². The molecule has 1 heterocycles. The van der Waals surface area contributed by atoms with Crippen LogP contribution in [0.15, 0.2) is 18.2 Å². The normalized spacial score (nSPS) is 11.5. The van der Waals surface area contributed by atoms with Crippen LogP contribution in [0.5, 0.6) is 5.75 Å². The van der Waals surface area contributed by atoms with Gasteiger partial charge in [-0.05, 0) is 12.1 Å². The topological polar surface area (TPSA) is 77.2 Å². The van der Waals surface area contributed by atoms with Crippen LogP contribution in [0.2, 0.25) is 5.02 Å². The third-order valence-corrected chi connectivity index (χ3v) is 3.27. The molecule has 1 aromatic heterocycles. The van der Waals surface area contributed by atoms with Crippen molar-refractivity contribution in [3.63, 3.8) is 0 Å². The van der Waals surface area contributed by atoms with E-state index in [1.54, 1.807) is 18.2 Å². The maximum atomic E-state index is 11.3. The number of benzene rings is 1. The number of ether oxygens (including phenoxy) is 1. The molecule has 2 aromatic rings. The molecule has 0 saturated carbocycles. The lowest BCUT2D eigenvalue weighted by Crippen LogP contribution is -2.21. The van der Waals surface area contributed by atoms with Gasteiger partial charge in [0, 0.05) is 11.5 Å². The second kappa shape index (κ2) is 5.37. The first-order valence-electron chi connectivity index (χ1n) is 6.29. The molecule has 0 aliphatic rings. The Hall–Kier alpha value is -2.08. The summed E-state index contributed by atoms with van der Waals surface area (Å²) in [5, 5.41) is 17.5. The third-order valence-electron chi connectivity index (χ3n) is 2.96. The fourth-order valence-corrected chi connectivity index (χ4v) is 2.25. The SMILES string of the molecule is COc1cc(-n2nnc(C(=O)O)c2C(C)(C)C)ccc1Cl. The lowest BCUT2D eigenvalue weighted by Gasteiger charge is -2.20. The molecule has 112 valence electrons. The molecule has 0 bridgehead atoms. The van der Waals surface area contributed by atoms with Crippen molar-refractivity contribution in [2.45, 2.75) is 26.2 Å². The fourth-order valence-electron chi connectivity index (χ4n) is 2.06. The first-order valence-corrected chi connectivity index (χ1v) is 6.67. The number of aromatic nitrogens is 3. The number of carbonyl (C=O) groups is 1. The van der Waals surface area contributed by atoms with E-state index in [0.29, 0.717) is 22.2 Å². The minimum Gasteiger partial charge on any atom is -0.495 e. The molecule has 0 amide bonds. The van der Waals surface area contributed by atoms with E-state index in [1.807, 2.05) is 20.8 Å². The zero-order chi connectivity index (χ0) is 15.8. The molecule has 0 aliphatic carbocycles. The largest absolute Gasteiger partial charge is 0.495 e. The molecule has 21 heavy (non-hydrogen) atoms. The van der Waals surface area contributed by atoms with Gasteiger partial charge in [0.15, 0.2) is 5.69 Å². The monoisotopic (exact) mass is 309 g/mol. The van der Waals surface area contributed by atoms with Crippen LogP contribution in [0.4, 0.5) is 0 Å². The maximum Gasteiger partial charge on any atom is 0.358 e. The van der Waals surface area contributed by atoms with Gasteiger partial charge in [-0.25, -0.2) is 9.48 Å². The molecule has 1 aromatic carbocycles. The minimum absolute atomic E-state index is 0.0589. The Morgan fingerprint density at radius 1 is 1.38 bits per heavy atom. The van der Waals surface area contributed by atoms with Crippen LogP contribution in [0, 0.1) is 0 Å². The van der Waals surface area contributed by atoms with Crippen LogP contribution >= 0.6 is 11.6 Å². The smallest absolute Gasteiger partial charge is 0.358 e. The first-order chi connectivity index (χ1) is 9.75. The van der Waals surface area contributed by atoms with Gasteiger partial charge in [-0.15, -0.1) is 5.10 Å². The average molecular weight is 310 g/mol. The van der Waals surface area contributed by atoms with E-state index in [4.69, 9.17) is 16.3 Å². The van der Waals surface area contributed by atoms with Crippen LogP contribution in [-0.2, 0) is 5.41 Å². The lowest BCUT2D eigenvalue weighted by molar-refractivity contribution is 0.0687. The Labute approximate surface area is 127 Å². The Balaban J connectivity index is 2.67. The zero-order valence-electron chi connectivity index (χ0n) is 12.2. The molecule has 2 rings (SSSR count). The Morgan fingerprint density at radius 3 is 2.57 bits per heavy atom. The number of rotatable bonds is 3. The summed E-state index contributed by atoms with van der Waals surface area (Å²) < 4.78 is 6.68. The standard InChI is InChI=1S/C14H16ClN3O3/c1-14(2,3)12-11(13(19)20)16-17-18(12)8-5-6-9(15)10(7-8)21-4/h5-7H,1-4H3,(H,19,20). The molecular formula is C14H16ClN3O3. The van der Waals surface area contributed by atoms with E-state index in [2.05, 4.69) is 10.3 Å². The highest BCUT2D eigenvalue weighted by atomic mass is 35.5. The lowest BCUT2D eigenvalue weighted by atomic mass is 9.90. The summed E-state index contributed by atoms with van der Waals surface area (Å²) in [6.07, 6.45) is 0. The molecule has 0 atom stereocenters. The van der Waals surface area contributed by atoms with Gasteiger partial charge in [0.2, 0.25) is 0 Å². The third kappa shape index (κ3) is 2.85. The average Bonchev–Trinajstić information content (AvgIpc) is 2.84. The Morgan fingerprint density at radius 2 is 2.05 bits per heavy atom. The van der Waals surface area contributed by atoms with E-state index in [9.17, 15) is 9.90 Å². The van der Waals surface area contributed by atoms with Crippen LogP contribution in [-0.4, -0.2) is 33.2 Å². The predicted molar refractivity (Wildman–Crippen MR) is 78.6 cm³/mol. The van der Waals surface area contributed by atoms with E-state index in [0.717, 1.165) is 0 Å². The quantitative estimate of drug-likeness (QED) is 0.943. The van der Waals surface area contributed by atoms with Crippen LogP contribution in [0.25, 0.3) is 5.69 Å². The van der Waals surface area contributed by atoms with Crippen LogP contribution < -0.4 is 4.74 Å². The number of hydrogen-bond donors (Lipinski definition) is 1. The number of carboxylic acids is 1. The molecule has 0 fully saturated rings. The summed E-state index contributed by atoms with van der Waals surface area (Å²) in [7, 11) is 1.51. The number of methoxy groups -OCH3 is 1. The molecule has 6 nitrogen and oxygen atoms in total. The molecule has 7 heteroatoms. The van der Waals surface area contributed by atoms with E-state index >= 15 is 0 Å². The van der Waals surface area contributed by atoms with Crippen molar-refractivity contribution in [2.24, 2.45) is 0 Å².